The van der Waals surface area contributed by atoms with Crippen LogP contribution >= 0.6 is 0 Å². The Hall–Kier alpha value is -1.75. The quantitative estimate of drug-likeness (QED) is 0.878. The Balaban J connectivity index is 2.29. The fraction of sp³-hybridized carbons (Fsp3) is 0.500. The van der Waals surface area contributed by atoms with Crippen LogP contribution in [0.1, 0.15) is 31.7 Å². The van der Waals surface area contributed by atoms with Crippen molar-refractivity contribution in [2.75, 3.05) is 11.6 Å². The van der Waals surface area contributed by atoms with Crippen LogP contribution in [0.25, 0.3) is 0 Å². The van der Waals surface area contributed by atoms with E-state index in [1.165, 1.54) is 5.01 Å². The Bertz CT molecular complexity index is 498. The molecule has 1 amide bonds. The lowest BCUT2D eigenvalue weighted by Crippen LogP contribution is -2.29. The van der Waals surface area contributed by atoms with Gasteiger partial charge in [0.2, 0.25) is 0 Å². The highest BCUT2D eigenvalue weighted by molar-refractivity contribution is 6.15. The van der Waals surface area contributed by atoms with E-state index in [1.807, 2.05) is 19.1 Å². The lowest BCUT2D eigenvalue weighted by Gasteiger charge is -2.13. The van der Waals surface area contributed by atoms with Gasteiger partial charge in [-0.25, -0.2) is 4.98 Å². The largest absolute Gasteiger partial charge is 0.330 e. The third-order valence-corrected chi connectivity index (χ3v) is 3.22. The van der Waals surface area contributed by atoms with E-state index >= 15 is 0 Å². The molecule has 2 N–H and O–H groups in total. The van der Waals surface area contributed by atoms with Crippen LogP contribution in [-0.2, 0) is 4.79 Å². The molecule has 0 aromatic carbocycles. The molecule has 2 heterocycles. The molecule has 19 heavy (non-hydrogen) atoms. The van der Waals surface area contributed by atoms with Crippen molar-refractivity contribution in [2.45, 2.75) is 33.1 Å². The Morgan fingerprint density at radius 1 is 1.47 bits per heavy atom. The molecule has 0 aliphatic carbocycles. The summed E-state index contributed by atoms with van der Waals surface area (Å²) in [6.07, 6.45) is 4.16. The number of hydrazone groups is 1. The topological polar surface area (TPSA) is 71.6 Å². The maximum atomic E-state index is 12.4. The van der Waals surface area contributed by atoms with Crippen LogP contribution in [0.5, 0.6) is 0 Å². The molecule has 0 spiro atoms. The van der Waals surface area contributed by atoms with Crippen LogP contribution in [0, 0.1) is 12.8 Å². The van der Waals surface area contributed by atoms with Gasteiger partial charge in [-0.05, 0) is 44.0 Å². The first-order chi connectivity index (χ1) is 9.17. The van der Waals surface area contributed by atoms with Gasteiger partial charge in [0.25, 0.3) is 5.91 Å². The zero-order chi connectivity index (χ0) is 13.8. The van der Waals surface area contributed by atoms with E-state index in [2.05, 4.69) is 17.0 Å². The van der Waals surface area contributed by atoms with E-state index in [-0.39, 0.29) is 11.8 Å². The zero-order valence-corrected chi connectivity index (χ0v) is 11.5. The number of nitrogens with two attached hydrogens (primary N) is 1. The maximum absolute atomic E-state index is 12.4. The van der Waals surface area contributed by atoms with Crippen molar-refractivity contribution in [3.05, 3.63) is 23.9 Å². The highest BCUT2D eigenvalue weighted by Gasteiger charge is 2.35. The van der Waals surface area contributed by atoms with Crippen molar-refractivity contribution in [3.63, 3.8) is 0 Å². The number of carbonyl (C=O) groups is 1. The minimum absolute atomic E-state index is 0.00741. The Labute approximate surface area is 113 Å². The summed E-state index contributed by atoms with van der Waals surface area (Å²) in [5, 5.41) is 5.88. The van der Waals surface area contributed by atoms with Crippen molar-refractivity contribution in [1.82, 2.24) is 4.98 Å². The zero-order valence-electron chi connectivity index (χ0n) is 11.5. The van der Waals surface area contributed by atoms with Gasteiger partial charge < -0.3 is 5.73 Å². The molecular weight excluding hydrogens is 240 g/mol. The van der Waals surface area contributed by atoms with Crippen molar-refractivity contribution < 1.29 is 4.79 Å². The van der Waals surface area contributed by atoms with E-state index in [1.54, 1.807) is 6.20 Å². The first-order valence-electron chi connectivity index (χ1n) is 6.71. The summed E-state index contributed by atoms with van der Waals surface area (Å²) in [7, 11) is 0. The molecule has 1 aliphatic rings. The van der Waals surface area contributed by atoms with Gasteiger partial charge in [-0.2, -0.15) is 10.1 Å². The van der Waals surface area contributed by atoms with Gasteiger partial charge in [-0.3, -0.25) is 4.79 Å². The van der Waals surface area contributed by atoms with Gasteiger partial charge in [0.1, 0.15) is 0 Å². The summed E-state index contributed by atoms with van der Waals surface area (Å²) in [6.45, 7) is 4.55. The Kier molecular flexibility index (Phi) is 4.27. The van der Waals surface area contributed by atoms with Gasteiger partial charge in [0.05, 0.1) is 11.6 Å². The summed E-state index contributed by atoms with van der Waals surface area (Å²) < 4.78 is 0. The van der Waals surface area contributed by atoms with Crippen molar-refractivity contribution >= 4 is 17.4 Å². The van der Waals surface area contributed by atoms with Gasteiger partial charge in [0.15, 0.2) is 5.82 Å². The number of rotatable bonds is 5. The normalized spacial score (nSPS) is 18.9. The van der Waals surface area contributed by atoms with E-state index in [0.29, 0.717) is 18.8 Å². The molecule has 2 rings (SSSR count). The molecular formula is C14H20N4O. The van der Waals surface area contributed by atoms with Crippen LogP contribution in [0.2, 0.25) is 0 Å². The summed E-state index contributed by atoms with van der Waals surface area (Å²) in [5.41, 5.74) is 7.59. The third-order valence-electron chi connectivity index (χ3n) is 3.22. The van der Waals surface area contributed by atoms with E-state index in [9.17, 15) is 4.79 Å². The monoisotopic (exact) mass is 260 g/mol. The number of anilines is 1. The number of hydrogen-bond acceptors (Lipinski definition) is 4. The molecule has 5 nitrogen and oxygen atoms in total. The van der Waals surface area contributed by atoms with Crippen LogP contribution < -0.4 is 10.7 Å². The van der Waals surface area contributed by atoms with Crippen LogP contribution in [0.3, 0.4) is 0 Å². The first kappa shape index (κ1) is 13.7. The molecule has 1 aromatic rings. The number of pyridine rings is 1. The number of nitrogens with zero attached hydrogens (tertiary/aromatic N) is 3. The van der Waals surface area contributed by atoms with Gasteiger partial charge >= 0.3 is 0 Å². The Morgan fingerprint density at radius 2 is 2.26 bits per heavy atom. The molecule has 0 saturated carbocycles. The Morgan fingerprint density at radius 3 is 2.89 bits per heavy atom. The lowest BCUT2D eigenvalue weighted by molar-refractivity contribution is -0.119. The SMILES string of the molecule is CCCC1=NN(c2cc(C)ccn2)C(=O)C1CCN. The molecule has 0 fully saturated rings. The highest BCUT2D eigenvalue weighted by atomic mass is 16.2. The van der Waals surface area contributed by atoms with Gasteiger partial charge in [-0.15, -0.1) is 0 Å². The maximum Gasteiger partial charge on any atom is 0.257 e. The van der Waals surface area contributed by atoms with E-state index < -0.39 is 0 Å². The molecule has 102 valence electrons. The van der Waals surface area contributed by atoms with Crippen molar-refractivity contribution in [2.24, 2.45) is 16.8 Å². The molecule has 1 unspecified atom stereocenters. The molecule has 5 heteroatoms. The summed E-state index contributed by atoms with van der Waals surface area (Å²) in [4.78, 5) is 16.6. The fourth-order valence-corrected chi connectivity index (χ4v) is 2.27. The number of aryl methyl sites for hydroxylation is 1. The molecule has 0 radical (unpaired) electrons. The fourth-order valence-electron chi connectivity index (χ4n) is 2.27. The minimum atomic E-state index is -0.174. The standard InChI is InChI=1S/C14H20N4O/c1-3-4-12-11(5-7-15)14(19)18(17-12)13-9-10(2)6-8-16-13/h6,8-9,11H,3-5,7,15H2,1-2H3. The second kappa shape index (κ2) is 5.93. The average molecular weight is 260 g/mol. The molecule has 1 aliphatic heterocycles. The van der Waals surface area contributed by atoms with Crippen LogP contribution in [0.15, 0.2) is 23.4 Å². The second-order valence-electron chi connectivity index (χ2n) is 4.81. The molecule has 1 atom stereocenters. The number of hydrogen-bond donors (Lipinski definition) is 1. The number of aromatic nitrogens is 1. The number of amides is 1. The molecule has 0 saturated heterocycles. The van der Waals surface area contributed by atoms with Crippen LogP contribution in [-0.4, -0.2) is 23.1 Å². The van der Waals surface area contributed by atoms with Gasteiger partial charge in [0, 0.05) is 6.20 Å². The molecule has 0 bridgehead atoms. The average Bonchev–Trinajstić information content (AvgIpc) is 2.69. The smallest absolute Gasteiger partial charge is 0.257 e. The number of carbonyl (C=O) groups excluding carboxylic acids is 1. The first-order valence-corrected chi connectivity index (χ1v) is 6.71. The predicted octanol–water partition coefficient (Wildman–Crippen LogP) is 1.86. The molecule has 1 aromatic heterocycles. The van der Waals surface area contributed by atoms with E-state index in [4.69, 9.17) is 5.73 Å². The third kappa shape index (κ3) is 2.81. The summed E-state index contributed by atoms with van der Waals surface area (Å²) in [5.74, 6) is 0.414. The highest BCUT2D eigenvalue weighted by Crippen LogP contribution is 2.26. The van der Waals surface area contributed by atoms with Gasteiger partial charge in [-0.1, -0.05) is 13.3 Å². The summed E-state index contributed by atoms with van der Waals surface area (Å²) >= 11 is 0. The predicted molar refractivity (Wildman–Crippen MR) is 76.0 cm³/mol. The van der Waals surface area contributed by atoms with Crippen molar-refractivity contribution in [3.8, 4) is 0 Å². The van der Waals surface area contributed by atoms with E-state index in [0.717, 1.165) is 24.1 Å². The summed E-state index contributed by atoms with van der Waals surface area (Å²) in [6, 6.07) is 3.77. The second-order valence-corrected chi connectivity index (χ2v) is 4.81. The van der Waals surface area contributed by atoms with Crippen LogP contribution in [0.4, 0.5) is 5.82 Å². The minimum Gasteiger partial charge on any atom is -0.330 e. The van der Waals surface area contributed by atoms with Crippen molar-refractivity contribution in [1.29, 1.82) is 0 Å². The lowest BCUT2D eigenvalue weighted by atomic mass is 9.96.